The molecule has 0 aliphatic heterocycles. The molecule has 0 spiro atoms. The van der Waals surface area contributed by atoms with Crippen molar-refractivity contribution >= 4 is 5.97 Å². The third kappa shape index (κ3) is 3.21. The predicted molar refractivity (Wildman–Crippen MR) is 65.3 cm³/mol. The highest BCUT2D eigenvalue weighted by Gasteiger charge is 2.32. The van der Waals surface area contributed by atoms with E-state index in [1.165, 1.54) is 32.8 Å². The average molecular weight is 227 g/mol. The van der Waals surface area contributed by atoms with E-state index in [1.54, 1.807) is 0 Å². The summed E-state index contributed by atoms with van der Waals surface area (Å²) in [6, 6.07) is 0.401. The molecule has 3 heteroatoms. The highest BCUT2D eigenvalue weighted by Crippen LogP contribution is 2.36. The van der Waals surface area contributed by atoms with Gasteiger partial charge in [0.15, 0.2) is 0 Å². The SMILES string of the molecule is COC(=O)C(C)N(C)C1CCC(C)(C)CC1. The van der Waals surface area contributed by atoms with Crippen molar-refractivity contribution in [1.82, 2.24) is 4.90 Å². The Bertz CT molecular complexity index is 240. The van der Waals surface area contributed by atoms with E-state index in [-0.39, 0.29) is 12.0 Å². The minimum absolute atomic E-state index is 0.129. The van der Waals surface area contributed by atoms with Crippen molar-refractivity contribution in [3.63, 3.8) is 0 Å². The summed E-state index contributed by atoms with van der Waals surface area (Å²) in [5.41, 5.74) is 0.478. The summed E-state index contributed by atoms with van der Waals surface area (Å²) in [5, 5.41) is 0. The second-order valence-corrected chi connectivity index (χ2v) is 5.76. The van der Waals surface area contributed by atoms with Gasteiger partial charge in [0.2, 0.25) is 0 Å². The van der Waals surface area contributed by atoms with Crippen LogP contribution in [0.2, 0.25) is 0 Å². The topological polar surface area (TPSA) is 29.5 Å². The molecule has 3 nitrogen and oxygen atoms in total. The zero-order valence-corrected chi connectivity index (χ0v) is 11.2. The molecule has 1 fully saturated rings. The Morgan fingerprint density at radius 1 is 1.38 bits per heavy atom. The maximum absolute atomic E-state index is 11.5. The molecule has 0 N–H and O–H groups in total. The largest absolute Gasteiger partial charge is 0.468 e. The van der Waals surface area contributed by atoms with Crippen LogP contribution in [0.25, 0.3) is 0 Å². The Labute approximate surface area is 99.1 Å². The molecule has 0 amide bonds. The molecule has 1 atom stereocenters. The van der Waals surface area contributed by atoms with Crippen LogP contribution >= 0.6 is 0 Å². The van der Waals surface area contributed by atoms with Crippen LogP contribution in [0, 0.1) is 5.41 Å². The molecule has 1 aliphatic carbocycles. The van der Waals surface area contributed by atoms with Crippen LogP contribution in [-0.2, 0) is 9.53 Å². The van der Waals surface area contributed by atoms with Gasteiger partial charge in [-0.2, -0.15) is 0 Å². The van der Waals surface area contributed by atoms with Gasteiger partial charge in [0.1, 0.15) is 6.04 Å². The van der Waals surface area contributed by atoms with Crippen molar-refractivity contribution in [1.29, 1.82) is 0 Å². The van der Waals surface area contributed by atoms with Gasteiger partial charge in [-0.05, 0) is 45.1 Å². The van der Waals surface area contributed by atoms with E-state index >= 15 is 0 Å². The van der Waals surface area contributed by atoms with Gasteiger partial charge in [0.05, 0.1) is 7.11 Å². The highest BCUT2D eigenvalue weighted by molar-refractivity contribution is 5.75. The molecule has 0 aromatic heterocycles. The standard InChI is InChI=1S/C13H25NO2/c1-10(12(15)16-5)14(4)11-6-8-13(2,3)9-7-11/h10-11H,6-9H2,1-5H3. The van der Waals surface area contributed by atoms with Crippen LogP contribution in [0.15, 0.2) is 0 Å². The fourth-order valence-corrected chi connectivity index (χ4v) is 2.44. The molecule has 16 heavy (non-hydrogen) atoms. The molecule has 0 bridgehead atoms. The molecule has 0 aromatic carbocycles. The molecule has 1 rings (SSSR count). The maximum atomic E-state index is 11.5. The van der Waals surface area contributed by atoms with E-state index < -0.39 is 0 Å². The minimum Gasteiger partial charge on any atom is -0.468 e. The van der Waals surface area contributed by atoms with E-state index in [0.717, 1.165) is 0 Å². The summed E-state index contributed by atoms with van der Waals surface area (Å²) >= 11 is 0. The van der Waals surface area contributed by atoms with Crippen LogP contribution < -0.4 is 0 Å². The molecule has 0 heterocycles. The third-order valence-electron chi connectivity index (χ3n) is 4.04. The quantitative estimate of drug-likeness (QED) is 0.694. The summed E-state index contributed by atoms with van der Waals surface area (Å²) in [6.07, 6.45) is 4.86. The molecule has 1 aliphatic rings. The van der Waals surface area contributed by atoms with Crippen LogP contribution in [0.1, 0.15) is 46.5 Å². The number of nitrogens with zero attached hydrogens (tertiary/aromatic N) is 1. The number of carbonyl (C=O) groups excluding carboxylic acids is 1. The second kappa shape index (κ2) is 5.17. The zero-order valence-electron chi connectivity index (χ0n) is 11.2. The Morgan fingerprint density at radius 2 is 1.88 bits per heavy atom. The number of carbonyl (C=O) groups is 1. The summed E-state index contributed by atoms with van der Waals surface area (Å²) in [5.74, 6) is -0.132. The Kier molecular flexibility index (Phi) is 4.36. The average Bonchev–Trinajstić information content (AvgIpc) is 2.26. The van der Waals surface area contributed by atoms with Gasteiger partial charge >= 0.3 is 5.97 Å². The van der Waals surface area contributed by atoms with Crippen LogP contribution in [0.3, 0.4) is 0 Å². The molecule has 1 saturated carbocycles. The van der Waals surface area contributed by atoms with Crippen molar-refractivity contribution in [3.05, 3.63) is 0 Å². The van der Waals surface area contributed by atoms with Crippen molar-refractivity contribution in [3.8, 4) is 0 Å². The number of rotatable bonds is 3. The third-order valence-corrected chi connectivity index (χ3v) is 4.04. The van der Waals surface area contributed by atoms with E-state index in [4.69, 9.17) is 4.74 Å². The molecule has 0 radical (unpaired) electrons. The van der Waals surface area contributed by atoms with Crippen molar-refractivity contribution in [2.45, 2.75) is 58.5 Å². The van der Waals surface area contributed by atoms with Gasteiger partial charge in [-0.15, -0.1) is 0 Å². The number of ether oxygens (including phenoxy) is 1. The molecule has 94 valence electrons. The van der Waals surface area contributed by atoms with Gasteiger partial charge in [0.25, 0.3) is 0 Å². The molecule has 1 unspecified atom stereocenters. The summed E-state index contributed by atoms with van der Waals surface area (Å²) < 4.78 is 4.78. The zero-order chi connectivity index (χ0) is 12.3. The number of hydrogen-bond donors (Lipinski definition) is 0. The van der Waals surface area contributed by atoms with Gasteiger partial charge in [-0.25, -0.2) is 0 Å². The minimum atomic E-state index is -0.132. The first kappa shape index (κ1) is 13.5. The first-order valence-corrected chi connectivity index (χ1v) is 6.17. The Morgan fingerprint density at radius 3 is 2.31 bits per heavy atom. The summed E-state index contributed by atoms with van der Waals surface area (Å²) in [7, 11) is 3.49. The number of hydrogen-bond acceptors (Lipinski definition) is 3. The van der Waals surface area contributed by atoms with Gasteiger partial charge in [0, 0.05) is 6.04 Å². The van der Waals surface area contributed by atoms with Crippen LogP contribution in [-0.4, -0.2) is 37.1 Å². The fourth-order valence-electron chi connectivity index (χ4n) is 2.44. The Balaban J connectivity index is 2.50. The molecular formula is C13H25NO2. The van der Waals surface area contributed by atoms with Crippen LogP contribution in [0.4, 0.5) is 0 Å². The van der Waals surface area contributed by atoms with E-state index in [1.807, 2.05) is 14.0 Å². The fraction of sp³-hybridized carbons (Fsp3) is 0.923. The Hall–Kier alpha value is -0.570. The number of methoxy groups -OCH3 is 1. The van der Waals surface area contributed by atoms with Gasteiger partial charge in [-0.1, -0.05) is 13.8 Å². The lowest BCUT2D eigenvalue weighted by Gasteiger charge is -2.40. The highest BCUT2D eigenvalue weighted by atomic mass is 16.5. The van der Waals surface area contributed by atoms with Gasteiger partial charge < -0.3 is 4.74 Å². The summed E-state index contributed by atoms with van der Waals surface area (Å²) in [4.78, 5) is 13.6. The molecular weight excluding hydrogens is 202 g/mol. The van der Waals surface area contributed by atoms with Crippen molar-refractivity contribution in [2.24, 2.45) is 5.41 Å². The smallest absolute Gasteiger partial charge is 0.322 e. The number of esters is 1. The van der Waals surface area contributed by atoms with E-state index in [9.17, 15) is 4.79 Å². The lowest BCUT2D eigenvalue weighted by molar-refractivity contribution is -0.147. The predicted octanol–water partition coefficient (Wildman–Crippen LogP) is 2.45. The monoisotopic (exact) mass is 227 g/mol. The normalized spacial score (nSPS) is 23.1. The van der Waals surface area contributed by atoms with E-state index in [0.29, 0.717) is 11.5 Å². The first-order chi connectivity index (χ1) is 7.37. The lowest BCUT2D eigenvalue weighted by atomic mass is 9.75. The second-order valence-electron chi connectivity index (χ2n) is 5.76. The van der Waals surface area contributed by atoms with Crippen molar-refractivity contribution < 1.29 is 9.53 Å². The van der Waals surface area contributed by atoms with E-state index in [2.05, 4.69) is 18.7 Å². The first-order valence-electron chi connectivity index (χ1n) is 6.17. The number of likely N-dealkylation sites (N-methyl/N-ethyl adjacent to an activating group) is 1. The molecule has 0 saturated heterocycles. The molecule has 0 aromatic rings. The van der Waals surface area contributed by atoms with Crippen LogP contribution in [0.5, 0.6) is 0 Å². The maximum Gasteiger partial charge on any atom is 0.322 e. The van der Waals surface area contributed by atoms with Crippen molar-refractivity contribution in [2.75, 3.05) is 14.2 Å². The summed E-state index contributed by atoms with van der Waals surface area (Å²) in [6.45, 7) is 6.57. The lowest BCUT2D eigenvalue weighted by Crippen LogP contribution is -2.45. The van der Waals surface area contributed by atoms with Gasteiger partial charge in [-0.3, -0.25) is 9.69 Å².